The Morgan fingerprint density at radius 1 is 1.17 bits per heavy atom. The quantitative estimate of drug-likeness (QED) is 0.260. The molecule has 0 amide bonds. The molecule has 2 aromatic carbocycles. The molecule has 184 valence electrons. The smallest absolute Gasteiger partial charge is 0.328 e. The van der Waals surface area contributed by atoms with Crippen LogP contribution in [0.25, 0.3) is 28.2 Å². The summed E-state index contributed by atoms with van der Waals surface area (Å²) in [4.78, 5) is 25.3. The first-order chi connectivity index (χ1) is 17.1. The Morgan fingerprint density at radius 2 is 1.86 bits per heavy atom. The van der Waals surface area contributed by atoms with Gasteiger partial charge in [0, 0.05) is 33.7 Å². The van der Waals surface area contributed by atoms with Crippen molar-refractivity contribution in [2.24, 2.45) is 0 Å². The molecule has 0 unspecified atom stereocenters. The monoisotopic (exact) mass is 542 g/mol. The maximum Gasteiger partial charge on any atom is 0.328 e. The fourth-order valence-electron chi connectivity index (χ4n) is 4.88. The first-order valence-electron chi connectivity index (χ1n) is 11.3. The molecule has 1 aliphatic carbocycles. The van der Waals surface area contributed by atoms with Gasteiger partial charge in [-0.15, -0.1) is 0 Å². The van der Waals surface area contributed by atoms with Crippen molar-refractivity contribution >= 4 is 63.7 Å². The molecule has 0 atom stereocenters. The van der Waals surface area contributed by atoms with Gasteiger partial charge in [-0.05, 0) is 55.2 Å². The summed E-state index contributed by atoms with van der Waals surface area (Å²) in [7, 11) is 0. The summed E-state index contributed by atoms with van der Waals surface area (Å²) in [5, 5.41) is 15.0. The number of hydrogen-bond acceptors (Lipinski definition) is 4. The number of rotatable bonds is 5. The number of carbonyl (C=O) groups excluding carboxylic acids is 1. The highest BCUT2D eigenvalue weighted by molar-refractivity contribution is 6.42. The van der Waals surface area contributed by atoms with Crippen LogP contribution in [-0.2, 0) is 10.2 Å². The van der Waals surface area contributed by atoms with Crippen LogP contribution in [0.15, 0.2) is 47.1 Å². The van der Waals surface area contributed by atoms with Gasteiger partial charge in [0.25, 0.3) is 5.91 Å². The van der Waals surface area contributed by atoms with Crippen LogP contribution in [0.5, 0.6) is 0 Å². The van der Waals surface area contributed by atoms with Gasteiger partial charge in [0.1, 0.15) is 11.3 Å². The number of hydrogen-bond donors (Lipinski definition) is 1. The van der Waals surface area contributed by atoms with Crippen LogP contribution in [0.1, 0.15) is 53.4 Å². The largest absolute Gasteiger partial charge is 0.478 e. The highest BCUT2D eigenvalue weighted by atomic mass is 35.5. The van der Waals surface area contributed by atoms with Crippen molar-refractivity contribution in [3.05, 3.63) is 80.1 Å². The number of nitrogens with zero attached hydrogens (tertiary/aromatic N) is 2. The SMILES string of the molecule is Cc1cn(C(=O)c2c(-c3c(Cl)cc(Cl)cc3Cl)noc2C2(C)CCC2)c2cccc(/C=C/C(=O)O)c12. The van der Waals surface area contributed by atoms with E-state index in [2.05, 4.69) is 12.1 Å². The second-order valence-electron chi connectivity index (χ2n) is 9.29. The van der Waals surface area contributed by atoms with Crippen LogP contribution < -0.4 is 0 Å². The second kappa shape index (κ2) is 9.11. The normalized spacial score (nSPS) is 14.9. The van der Waals surface area contributed by atoms with Gasteiger partial charge in [-0.25, -0.2) is 4.79 Å². The molecular formula is C27H21Cl3N2O4. The Kier molecular flexibility index (Phi) is 6.23. The molecule has 5 rings (SSSR count). The van der Waals surface area contributed by atoms with Gasteiger partial charge in [0.2, 0.25) is 0 Å². The number of fused-ring (bicyclic) bond motifs is 1. The summed E-state index contributed by atoms with van der Waals surface area (Å²) in [6.07, 6.45) is 7.07. The number of carbonyl (C=O) groups is 2. The van der Waals surface area contributed by atoms with Crippen molar-refractivity contribution in [2.75, 3.05) is 0 Å². The number of carboxylic acids is 1. The standard InChI is InChI=1S/C27H21Cl3N2O4/c1-14-13-32(19-6-3-5-15(21(14)19)7-8-20(33)34)26(35)23-24(22-17(29)11-16(28)12-18(22)30)31-36-25(23)27(2)9-4-10-27/h3,5-8,11-13H,4,9-10H2,1-2H3,(H,33,34)/b8-7+. The van der Waals surface area contributed by atoms with Crippen molar-refractivity contribution in [1.82, 2.24) is 9.72 Å². The predicted octanol–water partition coefficient (Wildman–Crippen LogP) is 7.79. The van der Waals surface area contributed by atoms with E-state index in [1.807, 2.05) is 19.1 Å². The Bertz CT molecular complexity index is 1550. The molecule has 1 fully saturated rings. The van der Waals surface area contributed by atoms with Gasteiger partial charge in [0.15, 0.2) is 5.76 Å². The first kappa shape index (κ1) is 24.6. The molecule has 0 aliphatic heterocycles. The lowest BCUT2D eigenvalue weighted by atomic mass is 9.67. The van der Waals surface area contributed by atoms with Crippen LogP contribution in [0, 0.1) is 6.92 Å². The van der Waals surface area contributed by atoms with Gasteiger partial charge < -0.3 is 9.63 Å². The van der Waals surface area contributed by atoms with E-state index in [1.165, 1.54) is 6.08 Å². The highest BCUT2D eigenvalue weighted by Gasteiger charge is 2.43. The fraction of sp³-hybridized carbons (Fsp3) is 0.222. The van der Waals surface area contributed by atoms with E-state index in [4.69, 9.17) is 44.4 Å². The number of aromatic nitrogens is 2. The number of aliphatic carboxylic acids is 1. The third-order valence-corrected chi connectivity index (χ3v) is 7.64. The van der Waals surface area contributed by atoms with Gasteiger partial charge in [-0.2, -0.15) is 0 Å². The minimum Gasteiger partial charge on any atom is -0.478 e. The number of halogens is 3. The van der Waals surface area contributed by atoms with E-state index in [0.29, 0.717) is 33.0 Å². The predicted molar refractivity (Wildman–Crippen MR) is 141 cm³/mol. The van der Waals surface area contributed by atoms with Gasteiger partial charge in [0.05, 0.1) is 15.6 Å². The van der Waals surface area contributed by atoms with E-state index in [9.17, 15) is 9.59 Å². The molecule has 1 aliphatic rings. The fourth-order valence-corrected chi connectivity index (χ4v) is 5.87. The first-order valence-corrected chi connectivity index (χ1v) is 12.5. The lowest BCUT2D eigenvalue weighted by Crippen LogP contribution is -2.32. The summed E-state index contributed by atoms with van der Waals surface area (Å²) < 4.78 is 7.38. The van der Waals surface area contributed by atoms with Gasteiger partial charge in [-0.3, -0.25) is 9.36 Å². The Morgan fingerprint density at radius 3 is 2.47 bits per heavy atom. The average Bonchev–Trinajstić information content (AvgIpc) is 3.37. The molecule has 0 radical (unpaired) electrons. The van der Waals surface area contributed by atoms with Crippen LogP contribution in [0.2, 0.25) is 15.1 Å². The minimum atomic E-state index is -1.05. The summed E-state index contributed by atoms with van der Waals surface area (Å²) >= 11 is 19.2. The van der Waals surface area contributed by atoms with E-state index in [-0.39, 0.29) is 27.1 Å². The summed E-state index contributed by atoms with van der Waals surface area (Å²) in [5.74, 6) is -0.893. The zero-order valence-corrected chi connectivity index (χ0v) is 21.7. The molecule has 2 aromatic heterocycles. The number of aryl methyl sites for hydroxylation is 1. The Balaban J connectivity index is 1.74. The van der Waals surface area contributed by atoms with Crippen LogP contribution >= 0.6 is 34.8 Å². The number of benzene rings is 2. The zero-order chi connectivity index (χ0) is 25.8. The van der Waals surface area contributed by atoms with Crippen molar-refractivity contribution in [3.8, 4) is 11.3 Å². The summed E-state index contributed by atoms with van der Waals surface area (Å²) in [6, 6.07) is 8.51. The van der Waals surface area contributed by atoms with Crippen LogP contribution in [0.3, 0.4) is 0 Å². The third kappa shape index (κ3) is 4.03. The molecule has 9 heteroatoms. The topological polar surface area (TPSA) is 85.3 Å². The Hall–Kier alpha value is -3.06. The summed E-state index contributed by atoms with van der Waals surface area (Å²) in [5.41, 5.74) is 2.75. The molecule has 2 heterocycles. The maximum atomic E-state index is 14.2. The van der Waals surface area contributed by atoms with Crippen LogP contribution in [-0.4, -0.2) is 26.7 Å². The van der Waals surface area contributed by atoms with Crippen molar-refractivity contribution < 1.29 is 19.2 Å². The molecule has 36 heavy (non-hydrogen) atoms. The molecular weight excluding hydrogens is 523 g/mol. The molecule has 0 bridgehead atoms. The van der Waals surface area contributed by atoms with Crippen molar-refractivity contribution in [2.45, 2.75) is 38.5 Å². The van der Waals surface area contributed by atoms with E-state index in [1.54, 1.807) is 29.0 Å². The molecule has 1 saturated carbocycles. The van der Waals surface area contributed by atoms with Crippen molar-refractivity contribution in [3.63, 3.8) is 0 Å². The molecule has 4 aromatic rings. The minimum absolute atomic E-state index is 0.259. The molecule has 1 N–H and O–H groups in total. The zero-order valence-electron chi connectivity index (χ0n) is 19.4. The highest BCUT2D eigenvalue weighted by Crippen LogP contribution is 2.48. The molecule has 0 spiro atoms. The van der Waals surface area contributed by atoms with Gasteiger partial charge in [-0.1, -0.05) is 65.4 Å². The van der Waals surface area contributed by atoms with Crippen molar-refractivity contribution in [1.29, 1.82) is 0 Å². The Labute approximate surface area is 222 Å². The lowest BCUT2D eigenvalue weighted by Gasteiger charge is -2.36. The van der Waals surface area contributed by atoms with E-state index in [0.717, 1.165) is 36.3 Å². The third-order valence-electron chi connectivity index (χ3n) is 6.83. The number of carboxylic acid groups (broad SMARTS) is 1. The molecule has 6 nitrogen and oxygen atoms in total. The molecule has 0 saturated heterocycles. The average molecular weight is 544 g/mol. The second-order valence-corrected chi connectivity index (χ2v) is 10.5. The lowest BCUT2D eigenvalue weighted by molar-refractivity contribution is -0.131. The summed E-state index contributed by atoms with van der Waals surface area (Å²) in [6.45, 7) is 3.93. The van der Waals surface area contributed by atoms with Crippen LogP contribution in [0.4, 0.5) is 0 Å². The van der Waals surface area contributed by atoms with E-state index < -0.39 is 5.97 Å². The van der Waals surface area contributed by atoms with E-state index >= 15 is 0 Å². The van der Waals surface area contributed by atoms with Gasteiger partial charge >= 0.3 is 5.97 Å². The maximum absolute atomic E-state index is 14.2.